The van der Waals surface area contributed by atoms with E-state index < -0.39 is 0 Å². The minimum atomic E-state index is -0.119. The Kier molecular flexibility index (Phi) is 7.46. The standard InChI is InChI=1S/C30H38N6O4/c1-19-18-40-15-14-36(19)28-24-7-8-25(21-6-9-26(39-3)22(16-21)17-37)31-27(24)32-30(33-28)34(2)23-10-12-35(13-11-23)29(38)20-4-5-20/h6-9,16,19-20,23,37H,4-5,10-15,17-18H2,1-3H3/t19-/m0/s1. The second-order valence-corrected chi connectivity index (χ2v) is 11.2. The van der Waals surface area contributed by atoms with Crippen molar-refractivity contribution in [2.45, 2.75) is 51.3 Å². The van der Waals surface area contributed by atoms with Gasteiger partial charge in [-0.1, -0.05) is 0 Å². The lowest BCUT2D eigenvalue weighted by molar-refractivity contribution is -0.133. The number of carbonyl (C=O) groups excluding carboxylic acids is 1. The molecule has 1 N–H and O–H groups in total. The molecule has 3 fully saturated rings. The molecule has 1 saturated carbocycles. The van der Waals surface area contributed by atoms with Gasteiger partial charge in [0.1, 0.15) is 11.6 Å². The number of nitrogens with zero attached hydrogens (tertiary/aromatic N) is 6. The summed E-state index contributed by atoms with van der Waals surface area (Å²) in [5.74, 6) is 2.74. The molecule has 1 amide bonds. The van der Waals surface area contributed by atoms with E-state index in [1.807, 2.05) is 35.2 Å². The number of morpholine rings is 1. The zero-order valence-corrected chi connectivity index (χ0v) is 23.5. The number of amides is 1. The van der Waals surface area contributed by atoms with Crippen molar-refractivity contribution in [1.29, 1.82) is 0 Å². The van der Waals surface area contributed by atoms with Crippen LogP contribution >= 0.6 is 0 Å². The van der Waals surface area contributed by atoms with Crippen molar-refractivity contribution >= 4 is 28.7 Å². The number of aliphatic hydroxyl groups is 1. The summed E-state index contributed by atoms with van der Waals surface area (Å²) < 4.78 is 11.1. The van der Waals surface area contributed by atoms with Crippen LogP contribution in [0.2, 0.25) is 0 Å². The second kappa shape index (κ2) is 11.2. The molecule has 3 aromatic rings. The molecule has 0 radical (unpaired) electrons. The van der Waals surface area contributed by atoms with Crippen molar-refractivity contribution in [3.63, 3.8) is 0 Å². The van der Waals surface area contributed by atoms with E-state index in [-0.39, 0.29) is 24.6 Å². The summed E-state index contributed by atoms with van der Waals surface area (Å²) in [6.45, 7) is 5.63. The van der Waals surface area contributed by atoms with Crippen LogP contribution in [0.5, 0.6) is 5.75 Å². The van der Waals surface area contributed by atoms with Crippen LogP contribution in [0.25, 0.3) is 22.3 Å². The lowest BCUT2D eigenvalue weighted by Gasteiger charge is -2.38. The number of hydrogen-bond donors (Lipinski definition) is 1. The van der Waals surface area contributed by atoms with Gasteiger partial charge in [0.05, 0.1) is 44.1 Å². The monoisotopic (exact) mass is 546 g/mol. The first kappa shape index (κ1) is 26.7. The molecule has 6 rings (SSSR count). The molecule has 10 heteroatoms. The van der Waals surface area contributed by atoms with Crippen LogP contribution in [0.1, 0.15) is 38.2 Å². The summed E-state index contributed by atoms with van der Waals surface area (Å²) in [5, 5.41) is 10.7. The van der Waals surface area contributed by atoms with Gasteiger partial charge in [0, 0.05) is 49.8 Å². The number of aliphatic hydroxyl groups excluding tert-OH is 1. The maximum Gasteiger partial charge on any atom is 0.229 e. The fourth-order valence-electron chi connectivity index (χ4n) is 5.85. The summed E-state index contributed by atoms with van der Waals surface area (Å²) in [5.41, 5.74) is 2.99. The van der Waals surface area contributed by atoms with Gasteiger partial charge in [0.15, 0.2) is 5.65 Å². The van der Waals surface area contributed by atoms with E-state index in [0.717, 1.165) is 67.8 Å². The maximum absolute atomic E-state index is 12.6. The van der Waals surface area contributed by atoms with Crippen LogP contribution < -0.4 is 14.5 Å². The average Bonchev–Trinajstić information content (AvgIpc) is 3.85. The van der Waals surface area contributed by atoms with Gasteiger partial charge in [-0.15, -0.1) is 0 Å². The first-order valence-electron chi connectivity index (χ1n) is 14.3. The number of rotatable bonds is 7. The molecule has 10 nitrogen and oxygen atoms in total. The number of carbonyl (C=O) groups is 1. The molecule has 40 heavy (non-hydrogen) atoms. The largest absolute Gasteiger partial charge is 0.496 e. The quantitative estimate of drug-likeness (QED) is 0.478. The predicted octanol–water partition coefficient (Wildman–Crippen LogP) is 3.26. The molecular formula is C30H38N6O4. The Hall–Kier alpha value is -3.50. The van der Waals surface area contributed by atoms with Crippen LogP contribution in [0.3, 0.4) is 0 Å². The molecule has 0 unspecified atom stereocenters. The van der Waals surface area contributed by atoms with Crippen molar-refractivity contribution in [2.24, 2.45) is 5.92 Å². The van der Waals surface area contributed by atoms with Crippen molar-refractivity contribution in [2.75, 3.05) is 56.8 Å². The number of pyridine rings is 1. The molecule has 1 aliphatic carbocycles. The van der Waals surface area contributed by atoms with E-state index in [4.69, 9.17) is 24.4 Å². The number of aromatic nitrogens is 3. The van der Waals surface area contributed by atoms with Crippen molar-refractivity contribution in [3.8, 4) is 17.0 Å². The van der Waals surface area contributed by atoms with Gasteiger partial charge in [-0.2, -0.15) is 9.97 Å². The van der Waals surface area contributed by atoms with Gasteiger partial charge < -0.3 is 29.3 Å². The second-order valence-electron chi connectivity index (χ2n) is 11.2. The van der Waals surface area contributed by atoms with Crippen molar-refractivity contribution in [3.05, 3.63) is 35.9 Å². The Balaban J connectivity index is 1.35. The highest BCUT2D eigenvalue weighted by Crippen LogP contribution is 2.34. The highest BCUT2D eigenvalue weighted by atomic mass is 16.5. The molecular weight excluding hydrogens is 508 g/mol. The summed E-state index contributed by atoms with van der Waals surface area (Å²) >= 11 is 0. The van der Waals surface area contributed by atoms with Gasteiger partial charge in [-0.05, 0) is 62.9 Å². The number of anilines is 2. The molecule has 2 saturated heterocycles. The maximum atomic E-state index is 12.6. The molecule has 2 aromatic heterocycles. The number of hydrogen-bond acceptors (Lipinski definition) is 9. The van der Waals surface area contributed by atoms with E-state index in [2.05, 4.69) is 23.8 Å². The Morgan fingerprint density at radius 1 is 1.10 bits per heavy atom. The van der Waals surface area contributed by atoms with Gasteiger partial charge >= 0.3 is 0 Å². The summed E-state index contributed by atoms with van der Waals surface area (Å²) in [7, 11) is 3.65. The van der Waals surface area contributed by atoms with Gasteiger partial charge in [0.2, 0.25) is 11.9 Å². The average molecular weight is 547 g/mol. The van der Waals surface area contributed by atoms with Gasteiger partial charge in [-0.3, -0.25) is 4.79 Å². The molecule has 1 aromatic carbocycles. The zero-order chi connectivity index (χ0) is 27.8. The zero-order valence-electron chi connectivity index (χ0n) is 23.5. The number of piperidine rings is 1. The highest BCUT2D eigenvalue weighted by molar-refractivity contribution is 5.90. The lowest BCUT2D eigenvalue weighted by atomic mass is 10.0. The molecule has 4 heterocycles. The summed E-state index contributed by atoms with van der Waals surface area (Å²) in [4.78, 5) is 34.1. The fraction of sp³-hybridized carbons (Fsp3) is 0.533. The molecule has 3 aliphatic rings. The minimum absolute atomic E-state index is 0.119. The third-order valence-electron chi connectivity index (χ3n) is 8.48. The van der Waals surface area contributed by atoms with Crippen molar-refractivity contribution in [1.82, 2.24) is 19.9 Å². The van der Waals surface area contributed by atoms with Gasteiger partial charge in [-0.25, -0.2) is 4.98 Å². The topological polar surface area (TPSA) is 104 Å². The number of benzene rings is 1. The third-order valence-corrected chi connectivity index (χ3v) is 8.48. The number of fused-ring (bicyclic) bond motifs is 1. The number of likely N-dealkylation sites (tertiary alicyclic amines) is 1. The van der Waals surface area contributed by atoms with Crippen LogP contribution in [0.4, 0.5) is 11.8 Å². The Labute approximate surface area is 234 Å². The van der Waals surface area contributed by atoms with Crippen LogP contribution in [0.15, 0.2) is 30.3 Å². The molecule has 2 aliphatic heterocycles. The normalized spacial score (nSPS) is 20.1. The van der Waals surface area contributed by atoms with E-state index in [1.54, 1.807) is 7.11 Å². The number of methoxy groups -OCH3 is 1. The van der Waals surface area contributed by atoms with E-state index in [0.29, 0.717) is 42.0 Å². The highest BCUT2D eigenvalue weighted by Gasteiger charge is 2.36. The summed E-state index contributed by atoms with van der Waals surface area (Å²) in [6, 6.07) is 10.2. The molecule has 1 atom stereocenters. The minimum Gasteiger partial charge on any atom is -0.496 e. The molecule has 212 valence electrons. The Morgan fingerprint density at radius 2 is 1.90 bits per heavy atom. The number of ether oxygens (including phenoxy) is 2. The third kappa shape index (κ3) is 5.17. The Morgan fingerprint density at radius 3 is 2.60 bits per heavy atom. The van der Waals surface area contributed by atoms with Crippen molar-refractivity contribution < 1.29 is 19.4 Å². The van der Waals surface area contributed by atoms with Crippen LogP contribution in [-0.4, -0.2) is 90.0 Å². The van der Waals surface area contributed by atoms with Crippen LogP contribution in [0, 0.1) is 5.92 Å². The molecule has 0 spiro atoms. The predicted molar refractivity (Wildman–Crippen MR) is 154 cm³/mol. The fourth-order valence-corrected chi connectivity index (χ4v) is 5.85. The van der Waals surface area contributed by atoms with E-state index >= 15 is 0 Å². The smallest absolute Gasteiger partial charge is 0.229 e. The SMILES string of the molecule is COc1ccc(-c2ccc3c(N4CCOC[C@@H]4C)nc(N(C)C4CCN(C(=O)C5CC5)CC4)nc3n2)cc1CO. The first-order valence-corrected chi connectivity index (χ1v) is 14.3. The van der Waals surface area contributed by atoms with Gasteiger partial charge in [0.25, 0.3) is 0 Å². The van der Waals surface area contributed by atoms with E-state index in [9.17, 15) is 9.90 Å². The molecule has 0 bridgehead atoms. The first-order chi connectivity index (χ1) is 19.5. The van der Waals surface area contributed by atoms with E-state index in [1.165, 1.54) is 0 Å². The van der Waals surface area contributed by atoms with Crippen LogP contribution in [-0.2, 0) is 16.1 Å². The Bertz CT molecular complexity index is 1390. The summed E-state index contributed by atoms with van der Waals surface area (Å²) in [6.07, 6.45) is 3.87. The lowest BCUT2D eigenvalue weighted by Crippen LogP contribution is -2.47.